The van der Waals surface area contributed by atoms with Crippen molar-refractivity contribution in [1.29, 1.82) is 0 Å². The SMILES string of the molecule is CC(C)(C)[C@H](c1cc(-c2cc(F)ccc2F)cn1Cc1ccccc1)N(CC[C@H](N[C@@H](CC(N)=O)C(N)=O)C(=O)NCCC(=O)N[C@@H](CCC(=O)O)C(=O)O)C(=O)CO. The fourth-order valence-corrected chi connectivity index (χ4v) is 6.56. The zero-order valence-corrected chi connectivity index (χ0v) is 33.0. The molecule has 0 saturated carbocycles. The molecule has 5 amide bonds. The van der Waals surface area contributed by atoms with E-state index in [1.165, 1.54) is 4.90 Å². The van der Waals surface area contributed by atoms with Gasteiger partial charge in [0.1, 0.15) is 24.3 Å². The zero-order chi connectivity index (χ0) is 44.0. The minimum absolute atomic E-state index is 0.0361. The highest BCUT2D eigenvalue weighted by atomic mass is 19.1. The van der Waals surface area contributed by atoms with Crippen LogP contribution in [0.1, 0.15) is 70.2 Å². The molecule has 10 N–H and O–H groups in total. The van der Waals surface area contributed by atoms with Crippen LogP contribution in [-0.4, -0.2) is 104 Å². The number of hydrogen-bond acceptors (Lipinski definition) is 9. The molecule has 0 aliphatic rings. The van der Waals surface area contributed by atoms with Crippen molar-refractivity contribution >= 4 is 41.5 Å². The van der Waals surface area contributed by atoms with Gasteiger partial charge in [0.2, 0.25) is 29.5 Å². The summed E-state index contributed by atoms with van der Waals surface area (Å²) in [5, 5.41) is 35.9. The van der Waals surface area contributed by atoms with E-state index >= 15 is 4.39 Å². The van der Waals surface area contributed by atoms with Crippen LogP contribution in [-0.2, 0) is 40.1 Å². The van der Waals surface area contributed by atoms with Crippen LogP contribution in [0.2, 0.25) is 0 Å². The van der Waals surface area contributed by atoms with E-state index in [2.05, 4.69) is 16.0 Å². The Hall–Kier alpha value is -6.21. The minimum Gasteiger partial charge on any atom is -0.481 e. The van der Waals surface area contributed by atoms with E-state index in [1.807, 2.05) is 51.1 Å². The van der Waals surface area contributed by atoms with Crippen LogP contribution in [0.3, 0.4) is 0 Å². The van der Waals surface area contributed by atoms with Gasteiger partial charge < -0.3 is 46.9 Å². The number of carbonyl (C=O) groups is 7. The highest BCUT2D eigenvalue weighted by molar-refractivity contribution is 5.89. The number of primary amides is 2. The lowest BCUT2D eigenvalue weighted by atomic mass is 9.82. The van der Waals surface area contributed by atoms with E-state index in [0.29, 0.717) is 11.3 Å². The molecule has 3 rings (SSSR count). The molecule has 0 aliphatic heterocycles. The molecule has 1 heterocycles. The average Bonchev–Trinajstić information content (AvgIpc) is 3.55. The molecule has 0 radical (unpaired) electrons. The summed E-state index contributed by atoms with van der Waals surface area (Å²) in [6, 6.07) is 8.61. The standard InChI is InChI=1S/C40H51F2N7O10/c1-40(2,3)36(31-17-24(26-18-25(41)9-10-27(26)42)21-48(31)20-23-7-5-4-6-8-23)49(34(53)22-50)16-14-28(46-30(37(44)56)19-32(43)51)38(57)45-15-13-33(52)47-29(39(58)59)11-12-35(54)55/h4-10,17-18,21,28-30,36,46,50H,11-16,19-20,22H2,1-3H3,(H2,43,51)(H2,44,56)(H,45,57)(H,47,52)(H,54,55)(H,58,59)/t28-,29-,30-,36-/m0/s1. The lowest BCUT2D eigenvalue weighted by molar-refractivity contribution is -0.143. The summed E-state index contributed by atoms with van der Waals surface area (Å²) in [6.07, 6.45) is -0.609. The molecule has 0 saturated heterocycles. The summed E-state index contributed by atoms with van der Waals surface area (Å²) in [7, 11) is 0. The van der Waals surface area contributed by atoms with Crippen LogP contribution in [0.4, 0.5) is 8.78 Å². The predicted octanol–water partition coefficient (Wildman–Crippen LogP) is 1.41. The van der Waals surface area contributed by atoms with Crippen molar-refractivity contribution in [2.75, 3.05) is 19.7 Å². The number of hydrogen-bond donors (Lipinski definition) is 8. The second-order valence-corrected chi connectivity index (χ2v) is 15.0. The van der Waals surface area contributed by atoms with Crippen LogP contribution in [0.25, 0.3) is 11.1 Å². The highest BCUT2D eigenvalue weighted by Crippen LogP contribution is 2.41. The minimum atomic E-state index is -1.50. The second kappa shape index (κ2) is 21.5. The first kappa shape index (κ1) is 47.2. The first-order chi connectivity index (χ1) is 27.7. The average molecular weight is 828 g/mol. The fourth-order valence-electron chi connectivity index (χ4n) is 6.56. The number of aliphatic hydroxyl groups excluding tert-OH is 1. The summed E-state index contributed by atoms with van der Waals surface area (Å²) >= 11 is 0. The molecule has 0 unspecified atom stereocenters. The Bertz CT molecular complexity index is 1990. The molecule has 1 aromatic heterocycles. The van der Waals surface area contributed by atoms with Crippen molar-refractivity contribution < 1.29 is 57.7 Å². The quantitative estimate of drug-likeness (QED) is 0.0677. The number of nitrogens with one attached hydrogen (secondary N) is 3. The Labute approximate surface area is 339 Å². The molecule has 2 aromatic carbocycles. The smallest absolute Gasteiger partial charge is 0.326 e. The Kier molecular flexibility index (Phi) is 17.2. The molecule has 19 heteroatoms. The van der Waals surface area contributed by atoms with E-state index in [0.717, 1.165) is 23.8 Å². The number of benzene rings is 2. The van der Waals surface area contributed by atoms with Crippen molar-refractivity contribution in [3.8, 4) is 11.1 Å². The molecule has 4 atom stereocenters. The molecular formula is C40H51F2N7O10. The summed E-state index contributed by atoms with van der Waals surface area (Å²) in [5.74, 6) is -8.47. The number of aliphatic carboxylic acids is 2. The maximum absolute atomic E-state index is 15.2. The number of aliphatic hydroxyl groups is 1. The molecular weight excluding hydrogens is 776 g/mol. The van der Waals surface area contributed by atoms with Crippen LogP contribution in [0.5, 0.6) is 0 Å². The van der Waals surface area contributed by atoms with Gasteiger partial charge in [-0.2, -0.15) is 0 Å². The van der Waals surface area contributed by atoms with E-state index < -0.39 is 109 Å². The number of halogens is 2. The Morgan fingerprint density at radius 1 is 0.881 bits per heavy atom. The summed E-state index contributed by atoms with van der Waals surface area (Å²) in [6.45, 7) is 4.08. The van der Waals surface area contributed by atoms with E-state index in [1.54, 1.807) is 16.8 Å². The summed E-state index contributed by atoms with van der Waals surface area (Å²) in [5.41, 5.74) is 11.6. The van der Waals surface area contributed by atoms with Crippen LogP contribution >= 0.6 is 0 Å². The predicted molar refractivity (Wildman–Crippen MR) is 209 cm³/mol. The van der Waals surface area contributed by atoms with Crippen LogP contribution in [0.15, 0.2) is 60.8 Å². The van der Waals surface area contributed by atoms with Crippen molar-refractivity contribution in [2.45, 2.75) is 83.6 Å². The van der Waals surface area contributed by atoms with Gasteiger partial charge in [0.15, 0.2) is 0 Å². The molecule has 320 valence electrons. The normalized spacial score (nSPS) is 13.4. The van der Waals surface area contributed by atoms with Gasteiger partial charge in [-0.3, -0.25) is 34.1 Å². The third-order valence-corrected chi connectivity index (χ3v) is 9.29. The molecule has 59 heavy (non-hydrogen) atoms. The number of aromatic nitrogens is 1. The Morgan fingerprint density at radius 2 is 1.56 bits per heavy atom. The number of carboxylic acid groups (broad SMARTS) is 2. The van der Waals surface area contributed by atoms with Crippen molar-refractivity contribution in [3.63, 3.8) is 0 Å². The first-order valence-corrected chi connectivity index (χ1v) is 18.7. The van der Waals surface area contributed by atoms with Gasteiger partial charge in [-0.05, 0) is 48.1 Å². The van der Waals surface area contributed by atoms with Crippen LogP contribution in [0, 0.1) is 17.0 Å². The molecule has 17 nitrogen and oxygen atoms in total. The maximum atomic E-state index is 15.2. The Morgan fingerprint density at radius 3 is 2.14 bits per heavy atom. The van der Waals surface area contributed by atoms with Crippen molar-refractivity contribution in [3.05, 3.63) is 83.7 Å². The molecule has 3 aromatic rings. The third kappa shape index (κ3) is 14.3. The molecule has 0 aliphatic carbocycles. The highest BCUT2D eigenvalue weighted by Gasteiger charge is 2.38. The van der Waals surface area contributed by atoms with E-state index in [9.17, 15) is 48.2 Å². The maximum Gasteiger partial charge on any atom is 0.326 e. The fraction of sp³-hybridized carbons (Fsp3) is 0.425. The Balaban J connectivity index is 2.01. The number of rotatable bonds is 23. The van der Waals surface area contributed by atoms with Gasteiger partial charge >= 0.3 is 11.9 Å². The van der Waals surface area contributed by atoms with Gasteiger partial charge in [-0.1, -0.05) is 51.1 Å². The van der Waals surface area contributed by atoms with Crippen LogP contribution < -0.4 is 27.4 Å². The third-order valence-electron chi connectivity index (χ3n) is 9.29. The molecule has 0 spiro atoms. The number of carbonyl (C=O) groups excluding carboxylic acids is 5. The van der Waals surface area contributed by atoms with Crippen molar-refractivity contribution in [2.24, 2.45) is 16.9 Å². The second-order valence-electron chi connectivity index (χ2n) is 15.0. The van der Waals surface area contributed by atoms with Gasteiger partial charge in [0, 0.05) is 55.5 Å². The molecule has 0 bridgehead atoms. The zero-order valence-electron chi connectivity index (χ0n) is 33.0. The number of amides is 5. The number of nitrogens with two attached hydrogens (primary N) is 2. The van der Waals surface area contributed by atoms with Gasteiger partial charge in [-0.25, -0.2) is 13.6 Å². The van der Waals surface area contributed by atoms with Gasteiger partial charge in [0.05, 0.1) is 24.5 Å². The topological polar surface area (TPSA) is 276 Å². The lowest BCUT2D eigenvalue weighted by Gasteiger charge is -2.41. The monoisotopic (exact) mass is 827 g/mol. The summed E-state index contributed by atoms with van der Waals surface area (Å²) < 4.78 is 31.3. The summed E-state index contributed by atoms with van der Waals surface area (Å²) in [4.78, 5) is 87.8. The van der Waals surface area contributed by atoms with Gasteiger partial charge in [-0.15, -0.1) is 0 Å². The number of carboxylic acids is 2. The lowest BCUT2D eigenvalue weighted by Crippen LogP contribution is -2.55. The molecule has 0 fully saturated rings. The van der Waals surface area contributed by atoms with Crippen molar-refractivity contribution in [1.82, 2.24) is 25.4 Å². The van der Waals surface area contributed by atoms with Gasteiger partial charge in [0.25, 0.3) is 0 Å². The van der Waals surface area contributed by atoms with E-state index in [-0.39, 0.29) is 38.0 Å². The van der Waals surface area contributed by atoms with E-state index in [4.69, 9.17) is 16.6 Å². The number of nitrogens with zero attached hydrogens (tertiary/aromatic N) is 2. The largest absolute Gasteiger partial charge is 0.481 e. The first-order valence-electron chi connectivity index (χ1n) is 18.7.